The zero-order valence-corrected chi connectivity index (χ0v) is 16.7. The number of hydrogen-bond donors (Lipinski definition) is 0. The number of nitrogens with zero attached hydrogens (tertiary/aromatic N) is 3. The van der Waals surface area contributed by atoms with Crippen LogP contribution in [0.25, 0.3) is 16.8 Å². The number of hydrogen-bond acceptors (Lipinski definition) is 5. The van der Waals surface area contributed by atoms with Gasteiger partial charge in [-0.25, -0.2) is 13.4 Å². The van der Waals surface area contributed by atoms with Crippen LogP contribution < -0.4 is 0 Å². The van der Waals surface area contributed by atoms with Crippen molar-refractivity contribution in [3.63, 3.8) is 0 Å². The average molecular weight is 400 g/mol. The van der Waals surface area contributed by atoms with Gasteiger partial charge in [0.05, 0.1) is 16.2 Å². The Hall–Kier alpha value is -2.01. The van der Waals surface area contributed by atoms with Crippen molar-refractivity contribution in [2.75, 3.05) is 13.1 Å². The monoisotopic (exact) mass is 399 g/mol. The number of thiazole rings is 1. The van der Waals surface area contributed by atoms with E-state index in [1.807, 2.05) is 5.38 Å². The Kier molecular flexibility index (Phi) is 5.13. The third-order valence-corrected chi connectivity index (χ3v) is 8.02. The first-order valence-corrected chi connectivity index (χ1v) is 11.6. The Balaban J connectivity index is 1.59. The molecule has 140 valence electrons. The Morgan fingerprint density at radius 1 is 1.07 bits per heavy atom. The van der Waals surface area contributed by atoms with Crippen molar-refractivity contribution >= 4 is 26.9 Å². The number of allylic oxidation sites excluding steroid dienone is 2. The van der Waals surface area contributed by atoms with Gasteiger partial charge in [0.25, 0.3) is 0 Å². The van der Waals surface area contributed by atoms with E-state index >= 15 is 0 Å². The summed E-state index contributed by atoms with van der Waals surface area (Å²) >= 11 is 1.48. The molecule has 2 heterocycles. The Morgan fingerprint density at radius 3 is 2.37 bits per heavy atom. The van der Waals surface area contributed by atoms with Crippen LogP contribution >= 0.6 is 11.3 Å². The predicted octanol–water partition coefficient (Wildman–Crippen LogP) is 4.45. The SMILES string of the molecule is N#CC(=C1CCCC1)c1nc(-c2ccc(S(=O)(=O)N3CCCC3)cc2)cs1. The fourth-order valence-corrected chi connectivity index (χ4v) is 6.11. The third-order valence-electron chi connectivity index (χ3n) is 5.24. The van der Waals surface area contributed by atoms with Gasteiger partial charge in [-0.05, 0) is 56.2 Å². The van der Waals surface area contributed by atoms with Gasteiger partial charge in [0.15, 0.2) is 0 Å². The number of aromatic nitrogens is 1. The molecule has 0 amide bonds. The van der Waals surface area contributed by atoms with Crippen molar-refractivity contribution in [1.82, 2.24) is 9.29 Å². The van der Waals surface area contributed by atoms with E-state index in [1.165, 1.54) is 16.9 Å². The standard InChI is InChI=1S/C20H21N3O2S2/c21-13-18(15-5-1-2-6-15)20-22-19(14-26-20)16-7-9-17(10-8-16)27(24,25)23-11-3-4-12-23/h7-10,14H,1-6,11-12H2. The van der Waals surface area contributed by atoms with Crippen molar-refractivity contribution in [2.24, 2.45) is 0 Å². The first-order valence-electron chi connectivity index (χ1n) is 9.28. The first-order chi connectivity index (χ1) is 13.1. The van der Waals surface area contributed by atoms with Crippen LogP contribution in [0.1, 0.15) is 43.5 Å². The molecule has 4 rings (SSSR count). The molecule has 27 heavy (non-hydrogen) atoms. The summed E-state index contributed by atoms with van der Waals surface area (Å²) in [6.45, 7) is 1.20. The molecule has 1 aromatic heterocycles. The fourth-order valence-electron chi connectivity index (χ4n) is 3.73. The molecular weight excluding hydrogens is 378 g/mol. The maximum Gasteiger partial charge on any atom is 0.243 e. The number of rotatable bonds is 4. The molecule has 1 aromatic carbocycles. The third kappa shape index (κ3) is 3.57. The van der Waals surface area contributed by atoms with E-state index in [0.717, 1.165) is 60.4 Å². The second kappa shape index (κ2) is 7.55. The zero-order chi connectivity index (χ0) is 18.9. The topological polar surface area (TPSA) is 74.1 Å². The van der Waals surface area contributed by atoms with Crippen molar-refractivity contribution in [3.05, 3.63) is 40.2 Å². The highest BCUT2D eigenvalue weighted by molar-refractivity contribution is 7.89. The lowest BCUT2D eigenvalue weighted by Crippen LogP contribution is -2.27. The summed E-state index contributed by atoms with van der Waals surface area (Å²) in [6, 6.07) is 9.24. The molecule has 5 nitrogen and oxygen atoms in total. The smallest absolute Gasteiger partial charge is 0.235 e. The van der Waals surface area contributed by atoms with Gasteiger partial charge < -0.3 is 0 Å². The highest BCUT2D eigenvalue weighted by atomic mass is 32.2. The number of nitriles is 1. The molecule has 2 aliphatic rings. The minimum absolute atomic E-state index is 0.328. The Morgan fingerprint density at radius 2 is 1.74 bits per heavy atom. The van der Waals surface area contributed by atoms with Crippen molar-refractivity contribution in [3.8, 4) is 17.3 Å². The van der Waals surface area contributed by atoms with Crippen molar-refractivity contribution < 1.29 is 8.42 Å². The second-order valence-corrected chi connectivity index (χ2v) is 9.77. The van der Waals surface area contributed by atoms with Crippen LogP contribution in [0.5, 0.6) is 0 Å². The molecule has 0 bridgehead atoms. The molecule has 0 atom stereocenters. The van der Waals surface area contributed by atoms with Crippen LogP contribution in [0.2, 0.25) is 0 Å². The molecule has 2 fully saturated rings. The minimum atomic E-state index is -3.40. The fraction of sp³-hybridized carbons (Fsp3) is 0.400. The van der Waals surface area contributed by atoms with Crippen LogP contribution in [0.15, 0.2) is 40.1 Å². The van der Waals surface area contributed by atoms with Crippen molar-refractivity contribution in [2.45, 2.75) is 43.4 Å². The summed E-state index contributed by atoms with van der Waals surface area (Å²) in [4.78, 5) is 4.97. The molecule has 0 radical (unpaired) electrons. The van der Waals surface area contributed by atoms with Gasteiger partial charge in [0.1, 0.15) is 11.1 Å². The summed E-state index contributed by atoms with van der Waals surface area (Å²) in [6.07, 6.45) is 6.12. The number of benzene rings is 1. The quantitative estimate of drug-likeness (QED) is 0.712. The molecule has 1 saturated carbocycles. The molecule has 0 N–H and O–H groups in total. The molecule has 1 aliphatic heterocycles. The molecule has 1 saturated heterocycles. The van der Waals surface area contributed by atoms with E-state index in [4.69, 9.17) is 0 Å². The van der Waals surface area contributed by atoms with Gasteiger partial charge in [-0.3, -0.25) is 0 Å². The largest absolute Gasteiger partial charge is 0.243 e. The highest BCUT2D eigenvalue weighted by Crippen LogP contribution is 2.34. The van der Waals surface area contributed by atoms with Crippen LogP contribution in [-0.4, -0.2) is 30.8 Å². The van der Waals surface area contributed by atoms with Gasteiger partial charge in [0.2, 0.25) is 10.0 Å². The van der Waals surface area contributed by atoms with E-state index in [1.54, 1.807) is 28.6 Å². The van der Waals surface area contributed by atoms with Crippen LogP contribution in [0, 0.1) is 11.3 Å². The molecule has 0 unspecified atom stereocenters. The summed E-state index contributed by atoms with van der Waals surface area (Å²) in [5.41, 5.74) is 3.58. The second-order valence-electron chi connectivity index (χ2n) is 6.97. The van der Waals surface area contributed by atoms with Gasteiger partial charge in [-0.1, -0.05) is 12.1 Å². The Labute approximate surface area is 164 Å². The van der Waals surface area contributed by atoms with E-state index in [-0.39, 0.29) is 0 Å². The molecule has 1 aliphatic carbocycles. The summed E-state index contributed by atoms with van der Waals surface area (Å²) in [7, 11) is -3.40. The minimum Gasteiger partial charge on any atom is -0.235 e. The lowest BCUT2D eigenvalue weighted by molar-refractivity contribution is 0.477. The van der Waals surface area contributed by atoms with Crippen LogP contribution in [-0.2, 0) is 10.0 Å². The first kappa shape index (κ1) is 18.4. The normalized spacial score (nSPS) is 18.0. The molecule has 0 spiro atoms. The van der Waals surface area contributed by atoms with E-state index in [9.17, 15) is 13.7 Å². The number of sulfonamides is 1. The molecule has 7 heteroatoms. The van der Waals surface area contributed by atoms with Crippen LogP contribution in [0.3, 0.4) is 0 Å². The summed E-state index contributed by atoms with van der Waals surface area (Å²) < 4.78 is 26.8. The zero-order valence-electron chi connectivity index (χ0n) is 15.0. The van der Waals surface area contributed by atoms with Crippen molar-refractivity contribution in [1.29, 1.82) is 5.26 Å². The van der Waals surface area contributed by atoms with E-state index in [0.29, 0.717) is 18.0 Å². The molecular formula is C20H21N3O2S2. The van der Waals surface area contributed by atoms with Gasteiger partial charge >= 0.3 is 0 Å². The average Bonchev–Trinajstić information content (AvgIpc) is 3.45. The lowest BCUT2D eigenvalue weighted by Gasteiger charge is -2.15. The summed E-state index contributed by atoms with van der Waals surface area (Å²) in [5.74, 6) is 0. The maximum atomic E-state index is 12.6. The van der Waals surface area contributed by atoms with Gasteiger partial charge in [-0.2, -0.15) is 9.57 Å². The lowest BCUT2D eigenvalue weighted by atomic mass is 10.1. The summed E-state index contributed by atoms with van der Waals surface area (Å²) in [5, 5.41) is 12.2. The highest BCUT2D eigenvalue weighted by Gasteiger charge is 2.27. The maximum absolute atomic E-state index is 12.6. The van der Waals surface area contributed by atoms with E-state index in [2.05, 4.69) is 11.1 Å². The Bertz CT molecular complexity index is 1000. The van der Waals surface area contributed by atoms with E-state index < -0.39 is 10.0 Å². The van der Waals surface area contributed by atoms with Gasteiger partial charge in [-0.15, -0.1) is 11.3 Å². The van der Waals surface area contributed by atoms with Gasteiger partial charge in [0, 0.05) is 24.0 Å². The van der Waals surface area contributed by atoms with Crippen LogP contribution in [0.4, 0.5) is 0 Å². The molecule has 2 aromatic rings. The predicted molar refractivity (Wildman–Crippen MR) is 107 cm³/mol.